The Labute approximate surface area is 119 Å². The molecule has 1 aromatic carbocycles. The minimum Gasteiger partial charge on any atom is -0.330 e. The lowest BCUT2D eigenvalue weighted by Gasteiger charge is -2.21. The van der Waals surface area contributed by atoms with E-state index in [9.17, 15) is 0 Å². The average Bonchev–Trinajstić information content (AvgIpc) is 2.82. The number of aryl methyl sites for hydroxylation is 1. The molecule has 0 saturated carbocycles. The molecule has 0 unspecified atom stereocenters. The second-order valence-corrected chi connectivity index (χ2v) is 6.00. The number of nitrogens with two attached hydrogens (primary N) is 1. The van der Waals surface area contributed by atoms with Gasteiger partial charge in [0, 0.05) is 30.7 Å². The lowest BCUT2D eigenvalue weighted by atomic mass is 10.2. The van der Waals surface area contributed by atoms with Crippen LogP contribution in [-0.2, 0) is 13.1 Å². The van der Waals surface area contributed by atoms with Crippen LogP contribution in [0.25, 0.3) is 0 Å². The first-order valence-electron chi connectivity index (χ1n) is 6.65. The molecule has 1 heterocycles. The summed E-state index contributed by atoms with van der Waals surface area (Å²) >= 11 is 1.78. The topological polar surface area (TPSA) is 42.2 Å². The standard InChI is InChI=1S/C15H21N3S/c1-13-17-10-15(19-13)12-18(9-5-8-16)11-14-6-3-2-4-7-14/h2-4,6-7,10H,5,8-9,11-12,16H2,1H3. The zero-order valence-corrected chi connectivity index (χ0v) is 12.2. The van der Waals surface area contributed by atoms with Gasteiger partial charge < -0.3 is 5.73 Å². The van der Waals surface area contributed by atoms with Crippen molar-refractivity contribution in [3.05, 3.63) is 52.0 Å². The van der Waals surface area contributed by atoms with Crippen LogP contribution in [0.3, 0.4) is 0 Å². The lowest BCUT2D eigenvalue weighted by Crippen LogP contribution is -2.25. The molecule has 19 heavy (non-hydrogen) atoms. The molecular formula is C15H21N3S. The molecule has 0 bridgehead atoms. The molecule has 0 saturated heterocycles. The van der Waals surface area contributed by atoms with Crippen molar-refractivity contribution in [1.29, 1.82) is 0 Å². The fraction of sp³-hybridized carbons (Fsp3) is 0.400. The molecule has 0 aliphatic heterocycles. The molecule has 1 aromatic heterocycles. The molecule has 0 fully saturated rings. The minimum absolute atomic E-state index is 0.743. The number of thiazole rings is 1. The molecule has 102 valence electrons. The predicted octanol–water partition coefficient (Wildman–Crippen LogP) is 2.80. The van der Waals surface area contributed by atoms with Crippen molar-refractivity contribution < 1.29 is 0 Å². The van der Waals surface area contributed by atoms with Gasteiger partial charge in [-0.05, 0) is 25.5 Å². The van der Waals surface area contributed by atoms with E-state index in [1.165, 1.54) is 10.4 Å². The number of nitrogens with zero attached hydrogens (tertiary/aromatic N) is 2. The highest BCUT2D eigenvalue weighted by Gasteiger charge is 2.08. The third-order valence-electron chi connectivity index (χ3n) is 2.98. The molecule has 0 atom stereocenters. The van der Waals surface area contributed by atoms with E-state index in [1.54, 1.807) is 11.3 Å². The van der Waals surface area contributed by atoms with E-state index >= 15 is 0 Å². The Kier molecular flexibility index (Phi) is 5.51. The summed E-state index contributed by atoms with van der Waals surface area (Å²) in [6.07, 6.45) is 3.02. The minimum atomic E-state index is 0.743. The molecule has 0 radical (unpaired) electrons. The Balaban J connectivity index is 1.99. The Morgan fingerprint density at radius 2 is 2.00 bits per heavy atom. The zero-order valence-electron chi connectivity index (χ0n) is 11.4. The normalized spacial score (nSPS) is 11.1. The number of benzene rings is 1. The van der Waals surface area contributed by atoms with Crippen molar-refractivity contribution in [1.82, 2.24) is 9.88 Å². The summed E-state index contributed by atoms with van der Waals surface area (Å²) in [6.45, 7) is 5.75. The smallest absolute Gasteiger partial charge is 0.0897 e. The van der Waals surface area contributed by atoms with Gasteiger partial charge in [0.1, 0.15) is 0 Å². The second kappa shape index (κ2) is 7.38. The SMILES string of the molecule is Cc1ncc(CN(CCCN)Cc2ccccc2)s1. The van der Waals surface area contributed by atoms with Gasteiger partial charge in [-0.2, -0.15) is 0 Å². The third kappa shape index (κ3) is 4.74. The summed E-state index contributed by atoms with van der Waals surface area (Å²) in [4.78, 5) is 8.09. The van der Waals surface area contributed by atoms with Crippen LogP contribution in [0.4, 0.5) is 0 Å². The molecule has 2 N–H and O–H groups in total. The van der Waals surface area contributed by atoms with Crippen LogP contribution in [0.5, 0.6) is 0 Å². The molecular weight excluding hydrogens is 254 g/mol. The maximum atomic E-state index is 5.63. The molecule has 0 amide bonds. The van der Waals surface area contributed by atoms with Gasteiger partial charge in [0.25, 0.3) is 0 Å². The van der Waals surface area contributed by atoms with Crippen LogP contribution in [0.1, 0.15) is 21.9 Å². The van der Waals surface area contributed by atoms with Crippen LogP contribution >= 0.6 is 11.3 Å². The van der Waals surface area contributed by atoms with Crippen molar-refractivity contribution in [2.45, 2.75) is 26.4 Å². The zero-order chi connectivity index (χ0) is 13.5. The average molecular weight is 275 g/mol. The lowest BCUT2D eigenvalue weighted by molar-refractivity contribution is 0.257. The first-order valence-corrected chi connectivity index (χ1v) is 7.47. The summed E-state index contributed by atoms with van der Waals surface area (Å²) in [6, 6.07) is 10.6. The Bertz CT molecular complexity index is 481. The second-order valence-electron chi connectivity index (χ2n) is 4.68. The summed E-state index contributed by atoms with van der Waals surface area (Å²) in [7, 11) is 0. The van der Waals surface area contributed by atoms with E-state index in [0.717, 1.165) is 37.6 Å². The van der Waals surface area contributed by atoms with E-state index in [4.69, 9.17) is 5.73 Å². The molecule has 3 nitrogen and oxygen atoms in total. The third-order valence-corrected chi connectivity index (χ3v) is 3.87. The summed E-state index contributed by atoms with van der Waals surface area (Å²) < 4.78 is 0. The van der Waals surface area contributed by atoms with Crippen LogP contribution < -0.4 is 5.73 Å². The fourth-order valence-electron chi connectivity index (χ4n) is 2.07. The van der Waals surface area contributed by atoms with E-state index in [0.29, 0.717) is 0 Å². The van der Waals surface area contributed by atoms with Crippen molar-refractivity contribution in [2.24, 2.45) is 5.73 Å². The highest BCUT2D eigenvalue weighted by Crippen LogP contribution is 2.16. The van der Waals surface area contributed by atoms with Crippen LogP contribution in [-0.4, -0.2) is 23.0 Å². The number of hydrogen-bond acceptors (Lipinski definition) is 4. The highest BCUT2D eigenvalue weighted by atomic mass is 32.1. The predicted molar refractivity (Wildman–Crippen MR) is 81.1 cm³/mol. The van der Waals surface area contributed by atoms with Gasteiger partial charge in [-0.3, -0.25) is 4.90 Å². The Morgan fingerprint density at radius 1 is 1.21 bits per heavy atom. The van der Waals surface area contributed by atoms with Crippen molar-refractivity contribution in [3.8, 4) is 0 Å². The Hall–Kier alpha value is -1.23. The van der Waals surface area contributed by atoms with E-state index in [2.05, 4.69) is 47.1 Å². The molecule has 2 rings (SSSR count). The fourth-order valence-corrected chi connectivity index (χ4v) is 2.91. The van der Waals surface area contributed by atoms with Crippen LogP contribution in [0.15, 0.2) is 36.5 Å². The van der Waals surface area contributed by atoms with Gasteiger partial charge in [-0.25, -0.2) is 4.98 Å². The van der Waals surface area contributed by atoms with Gasteiger partial charge >= 0.3 is 0 Å². The summed E-state index contributed by atoms with van der Waals surface area (Å²) in [5.74, 6) is 0. The summed E-state index contributed by atoms with van der Waals surface area (Å²) in [5, 5.41) is 1.13. The van der Waals surface area contributed by atoms with Gasteiger partial charge in [0.05, 0.1) is 5.01 Å². The quantitative estimate of drug-likeness (QED) is 0.845. The maximum absolute atomic E-state index is 5.63. The van der Waals surface area contributed by atoms with Gasteiger partial charge in [-0.1, -0.05) is 30.3 Å². The number of rotatable bonds is 7. The van der Waals surface area contributed by atoms with Crippen LogP contribution in [0.2, 0.25) is 0 Å². The van der Waals surface area contributed by atoms with Crippen molar-refractivity contribution in [3.63, 3.8) is 0 Å². The van der Waals surface area contributed by atoms with E-state index in [1.807, 2.05) is 6.20 Å². The first-order chi connectivity index (χ1) is 9.28. The molecule has 4 heteroatoms. The van der Waals surface area contributed by atoms with Crippen LogP contribution in [0, 0.1) is 6.92 Å². The summed E-state index contributed by atoms with van der Waals surface area (Å²) in [5.41, 5.74) is 6.98. The monoisotopic (exact) mass is 275 g/mol. The molecule has 2 aromatic rings. The highest BCUT2D eigenvalue weighted by molar-refractivity contribution is 7.11. The Morgan fingerprint density at radius 3 is 2.63 bits per heavy atom. The van der Waals surface area contributed by atoms with E-state index in [-0.39, 0.29) is 0 Å². The first kappa shape index (κ1) is 14.2. The molecule has 0 aliphatic carbocycles. The van der Waals surface area contributed by atoms with Gasteiger partial charge in [0.2, 0.25) is 0 Å². The van der Waals surface area contributed by atoms with Gasteiger partial charge in [-0.15, -0.1) is 11.3 Å². The number of hydrogen-bond donors (Lipinski definition) is 1. The van der Waals surface area contributed by atoms with Crippen molar-refractivity contribution >= 4 is 11.3 Å². The maximum Gasteiger partial charge on any atom is 0.0897 e. The van der Waals surface area contributed by atoms with Crippen molar-refractivity contribution in [2.75, 3.05) is 13.1 Å². The number of aromatic nitrogens is 1. The largest absolute Gasteiger partial charge is 0.330 e. The molecule has 0 aliphatic rings. The van der Waals surface area contributed by atoms with E-state index < -0.39 is 0 Å². The molecule has 0 spiro atoms. The van der Waals surface area contributed by atoms with Gasteiger partial charge in [0.15, 0.2) is 0 Å².